The summed E-state index contributed by atoms with van der Waals surface area (Å²) in [5, 5.41) is 9.00. The number of carboxylic acid groups (broad SMARTS) is 1. The van der Waals surface area contributed by atoms with E-state index in [4.69, 9.17) is 9.84 Å². The fourth-order valence-corrected chi connectivity index (χ4v) is 1.87. The molecule has 0 heterocycles. The van der Waals surface area contributed by atoms with Crippen LogP contribution in [0.4, 0.5) is 4.79 Å². The SMILES string of the molecule is CCCN(C(=O)OCC)C(CC(=O)O)C(C)(C)C. The Morgan fingerprint density at radius 2 is 1.83 bits per heavy atom. The van der Waals surface area contributed by atoms with Crippen molar-refractivity contribution in [2.45, 2.75) is 53.5 Å². The number of hydrogen-bond acceptors (Lipinski definition) is 3. The first kappa shape index (κ1) is 16.7. The number of carbonyl (C=O) groups excluding carboxylic acids is 1. The number of carbonyl (C=O) groups is 2. The first-order valence-electron chi connectivity index (χ1n) is 6.39. The summed E-state index contributed by atoms with van der Waals surface area (Å²) in [5.74, 6) is -0.902. The number of amides is 1. The van der Waals surface area contributed by atoms with E-state index >= 15 is 0 Å². The van der Waals surface area contributed by atoms with Crippen LogP contribution in [0.5, 0.6) is 0 Å². The first-order valence-corrected chi connectivity index (χ1v) is 6.39. The highest BCUT2D eigenvalue weighted by molar-refractivity contribution is 5.71. The maximum absolute atomic E-state index is 11.9. The highest BCUT2D eigenvalue weighted by Crippen LogP contribution is 2.28. The lowest BCUT2D eigenvalue weighted by molar-refractivity contribution is -0.139. The van der Waals surface area contributed by atoms with Crippen molar-refractivity contribution in [1.82, 2.24) is 4.90 Å². The van der Waals surface area contributed by atoms with E-state index in [-0.39, 0.29) is 17.9 Å². The molecule has 1 amide bonds. The molecule has 1 atom stereocenters. The molecule has 0 radical (unpaired) electrons. The van der Waals surface area contributed by atoms with E-state index in [1.165, 1.54) is 4.90 Å². The molecule has 0 bridgehead atoms. The average molecular weight is 259 g/mol. The Balaban J connectivity index is 5.08. The zero-order chi connectivity index (χ0) is 14.3. The van der Waals surface area contributed by atoms with Gasteiger partial charge in [-0.05, 0) is 18.8 Å². The molecular formula is C13H25NO4. The minimum Gasteiger partial charge on any atom is -0.481 e. The molecule has 5 nitrogen and oxygen atoms in total. The van der Waals surface area contributed by atoms with Gasteiger partial charge in [-0.2, -0.15) is 0 Å². The molecule has 0 aliphatic carbocycles. The van der Waals surface area contributed by atoms with E-state index in [1.54, 1.807) is 6.92 Å². The van der Waals surface area contributed by atoms with Gasteiger partial charge in [0.25, 0.3) is 0 Å². The Hall–Kier alpha value is -1.26. The van der Waals surface area contributed by atoms with Gasteiger partial charge in [-0.1, -0.05) is 27.7 Å². The van der Waals surface area contributed by atoms with Crippen molar-refractivity contribution in [3.05, 3.63) is 0 Å². The van der Waals surface area contributed by atoms with Crippen LogP contribution in [0.25, 0.3) is 0 Å². The predicted molar refractivity (Wildman–Crippen MR) is 69.5 cm³/mol. The molecule has 0 fully saturated rings. The second-order valence-electron chi connectivity index (χ2n) is 5.37. The van der Waals surface area contributed by atoms with Gasteiger partial charge >= 0.3 is 12.1 Å². The quantitative estimate of drug-likeness (QED) is 0.796. The zero-order valence-electron chi connectivity index (χ0n) is 12.0. The monoisotopic (exact) mass is 259 g/mol. The van der Waals surface area contributed by atoms with Gasteiger partial charge in [0, 0.05) is 6.54 Å². The van der Waals surface area contributed by atoms with Crippen LogP contribution in [0.15, 0.2) is 0 Å². The molecule has 0 saturated carbocycles. The normalized spacial score (nSPS) is 12.9. The number of nitrogens with zero attached hydrogens (tertiary/aromatic N) is 1. The Bertz CT molecular complexity index is 283. The van der Waals surface area contributed by atoms with Gasteiger partial charge in [-0.15, -0.1) is 0 Å². The van der Waals surface area contributed by atoms with Crippen molar-refractivity contribution in [3.63, 3.8) is 0 Å². The summed E-state index contributed by atoms with van der Waals surface area (Å²) < 4.78 is 5.01. The fraction of sp³-hybridized carbons (Fsp3) is 0.846. The van der Waals surface area contributed by atoms with Gasteiger partial charge in [0.05, 0.1) is 19.1 Å². The molecule has 0 rings (SSSR count). The van der Waals surface area contributed by atoms with Crippen LogP contribution in [0, 0.1) is 5.41 Å². The molecular weight excluding hydrogens is 234 g/mol. The molecule has 106 valence electrons. The molecule has 0 aromatic heterocycles. The van der Waals surface area contributed by atoms with Crippen LogP contribution in [-0.4, -0.2) is 41.3 Å². The Labute approximate surface area is 109 Å². The topological polar surface area (TPSA) is 66.8 Å². The van der Waals surface area contributed by atoms with E-state index in [9.17, 15) is 9.59 Å². The molecule has 0 spiro atoms. The Morgan fingerprint density at radius 3 is 2.17 bits per heavy atom. The second kappa shape index (κ2) is 7.24. The number of hydrogen-bond donors (Lipinski definition) is 1. The standard InChI is InChI=1S/C13H25NO4/c1-6-8-14(12(17)18-7-2)10(9-11(15)16)13(3,4)5/h10H,6-9H2,1-5H3,(H,15,16). The fourth-order valence-electron chi connectivity index (χ4n) is 1.87. The van der Waals surface area contributed by atoms with Crippen LogP contribution < -0.4 is 0 Å². The Kier molecular flexibility index (Phi) is 6.73. The molecule has 1 unspecified atom stereocenters. The third kappa shape index (κ3) is 5.38. The largest absolute Gasteiger partial charge is 0.481 e. The molecule has 0 saturated heterocycles. The van der Waals surface area contributed by atoms with Crippen LogP contribution in [0.2, 0.25) is 0 Å². The first-order chi connectivity index (χ1) is 8.23. The van der Waals surface area contributed by atoms with Crippen molar-refractivity contribution >= 4 is 12.1 Å². The third-order valence-electron chi connectivity index (χ3n) is 2.71. The lowest BCUT2D eigenvalue weighted by Crippen LogP contribution is -2.49. The zero-order valence-corrected chi connectivity index (χ0v) is 12.0. The number of aliphatic carboxylic acids is 1. The predicted octanol–water partition coefficient (Wildman–Crippen LogP) is 2.74. The van der Waals surface area contributed by atoms with E-state index < -0.39 is 12.1 Å². The van der Waals surface area contributed by atoms with E-state index in [0.29, 0.717) is 13.2 Å². The molecule has 0 aliphatic heterocycles. The summed E-state index contributed by atoms with van der Waals surface area (Å²) in [7, 11) is 0. The van der Waals surface area contributed by atoms with Gasteiger partial charge in [-0.25, -0.2) is 4.79 Å². The van der Waals surface area contributed by atoms with Crippen LogP contribution in [0.3, 0.4) is 0 Å². The van der Waals surface area contributed by atoms with Crippen molar-refractivity contribution in [1.29, 1.82) is 0 Å². The maximum atomic E-state index is 11.9. The second-order valence-corrected chi connectivity index (χ2v) is 5.37. The third-order valence-corrected chi connectivity index (χ3v) is 2.71. The van der Waals surface area contributed by atoms with Crippen LogP contribution in [-0.2, 0) is 9.53 Å². The van der Waals surface area contributed by atoms with Gasteiger partial charge in [-0.3, -0.25) is 4.79 Å². The summed E-state index contributed by atoms with van der Waals surface area (Å²) in [6.45, 7) is 10.3. The van der Waals surface area contributed by atoms with Crippen LogP contribution in [0.1, 0.15) is 47.5 Å². The molecule has 0 aromatic rings. The number of ether oxygens (including phenoxy) is 1. The lowest BCUT2D eigenvalue weighted by Gasteiger charge is -2.38. The van der Waals surface area contributed by atoms with Gasteiger partial charge in [0.15, 0.2) is 0 Å². The number of rotatable bonds is 6. The van der Waals surface area contributed by atoms with E-state index in [0.717, 1.165) is 6.42 Å². The highest BCUT2D eigenvalue weighted by atomic mass is 16.6. The van der Waals surface area contributed by atoms with Crippen molar-refractivity contribution in [2.75, 3.05) is 13.2 Å². The molecule has 5 heteroatoms. The highest BCUT2D eigenvalue weighted by Gasteiger charge is 2.35. The van der Waals surface area contributed by atoms with E-state index in [1.807, 2.05) is 27.7 Å². The molecule has 18 heavy (non-hydrogen) atoms. The van der Waals surface area contributed by atoms with Crippen molar-refractivity contribution in [2.24, 2.45) is 5.41 Å². The van der Waals surface area contributed by atoms with E-state index in [2.05, 4.69) is 0 Å². The minimum atomic E-state index is -0.902. The maximum Gasteiger partial charge on any atom is 0.410 e. The summed E-state index contributed by atoms with van der Waals surface area (Å²) in [6.07, 6.45) is 0.272. The van der Waals surface area contributed by atoms with Gasteiger partial charge in [0.2, 0.25) is 0 Å². The summed E-state index contributed by atoms with van der Waals surface area (Å²) in [6, 6.07) is -0.367. The van der Waals surface area contributed by atoms with Crippen molar-refractivity contribution < 1.29 is 19.4 Å². The molecule has 1 N–H and O–H groups in total. The minimum absolute atomic E-state index is 0.0671. The molecule has 0 aliphatic rings. The van der Waals surface area contributed by atoms with Gasteiger partial charge < -0.3 is 14.7 Å². The van der Waals surface area contributed by atoms with Gasteiger partial charge in [0.1, 0.15) is 0 Å². The summed E-state index contributed by atoms with van der Waals surface area (Å²) in [4.78, 5) is 24.4. The smallest absolute Gasteiger partial charge is 0.410 e. The summed E-state index contributed by atoms with van der Waals surface area (Å²) in [5.41, 5.74) is -0.305. The average Bonchev–Trinajstić information content (AvgIpc) is 2.21. The Morgan fingerprint density at radius 1 is 1.28 bits per heavy atom. The summed E-state index contributed by atoms with van der Waals surface area (Å²) >= 11 is 0. The lowest BCUT2D eigenvalue weighted by atomic mass is 9.83. The molecule has 0 aromatic carbocycles. The van der Waals surface area contributed by atoms with Crippen molar-refractivity contribution in [3.8, 4) is 0 Å². The van der Waals surface area contributed by atoms with Crippen LogP contribution >= 0.6 is 0 Å². The number of carboxylic acids is 1.